The second kappa shape index (κ2) is 3.47. The minimum Gasteiger partial charge on any atom is -0.375 e. The van der Waals surface area contributed by atoms with E-state index in [1.807, 2.05) is 30.3 Å². The Morgan fingerprint density at radius 1 is 1.23 bits per heavy atom. The molecule has 1 aromatic carbocycles. The van der Waals surface area contributed by atoms with Crippen LogP contribution in [0.3, 0.4) is 0 Å². The summed E-state index contributed by atoms with van der Waals surface area (Å²) in [7, 11) is 0. The van der Waals surface area contributed by atoms with Gasteiger partial charge in [-0.3, -0.25) is 0 Å². The van der Waals surface area contributed by atoms with Crippen LogP contribution in [0.1, 0.15) is 0 Å². The number of nitrogens with two attached hydrogens (primary N) is 1. The number of thiazole rings is 1. The van der Waals surface area contributed by atoms with E-state index in [1.54, 1.807) is 0 Å². The van der Waals surface area contributed by atoms with Crippen molar-refractivity contribution in [3.05, 3.63) is 34.9 Å². The lowest BCUT2D eigenvalue weighted by atomic mass is 10.2. The number of aromatic nitrogens is 1. The fourth-order valence-corrected chi connectivity index (χ4v) is 2.59. The fraction of sp³-hybridized carbons (Fsp3) is 0. The number of nitrogens with zero attached hydrogens (tertiary/aromatic N) is 1. The highest BCUT2D eigenvalue weighted by Crippen LogP contribution is 2.34. The number of nitrogen functional groups attached to an aromatic ring is 1. The molecule has 0 saturated carbocycles. The lowest BCUT2D eigenvalue weighted by Crippen LogP contribution is -1.78. The largest absolute Gasteiger partial charge is 0.375 e. The molecule has 0 amide bonds. The van der Waals surface area contributed by atoms with Crippen LogP contribution in [-0.2, 0) is 0 Å². The Kier molecular flexibility index (Phi) is 2.33. The van der Waals surface area contributed by atoms with Crippen LogP contribution in [0, 0.1) is 0 Å². The standard InChI is InChI=1S/C9H7BrN2S/c10-8-7(13-9(11)12-8)6-4-2-1-3-5-6/h1-5H,(H2,11,12). The van der Waals surface area contributed by atoms with E-state index in [0.29, 0.717) is 5.13 Å². The van der Waals surface area contributed by atoms with E-state index in [2.05, 4.69) is 20.9 Å². The van der Waals surface area contributed by atoms with Crippen molar-refractivity contribution in [2.75, 3.05) is 5.73 Å². The van der Waals surface area contributed by atoms with Gasteiger partial charge in [0.2, 0.25) is 0 Å². The third-order valence-corrected chi connectivity index (χ3v) is 3.41. The normalized spacial score (nSPS) is 10.2. The van der Waals surface area contributed by atoms with Gasteiger partial charge in [0.05, 0.1) is 4.88 Å². The predicted octanol–water partition coefficient (Wildman–Crippen LogP) is 3.15. The summed E-state index contributed by atoms with van der Waals surface area (Å²) in [6, 6.07) is 10.1. The number of hydrogen-bond donors (Lipinski definition) is 1. The van der Waals surface area contributed by atoms with Crippen molar-refractivity contribution in [1.82, 2.24) is 4.98 Å². The molecule has 0 radical (unpaired) electrons. The first-order valence-corrected chi connectivity index (χ1v) is 5.35. The molecular weight excluding hydrogens is 248 g/mol. The van der Waals surface area contributed by atoms with Crippen molar-refractivity contribution in [3.63, 3.8) is 0 Å². The van der Waals surface area contributed by atoms with E-state index >= 15 is 0 Å². The van der Waals surface area contributed by atoms with Crippen LogP contribution >= 0.6 is 27.3 Å². The average Bonchev–Trinajstić information content (AvgIpc) is 2.47. The average molecular weight is 255 g/mol. The zero-order valence-electron chi connectivity index (χ0n) is 6.70. The summed E-state index contributed by atoms with van der Waals surface area (Å²) >= 11 is 4.86. The smallest absolute Gasteiger partial charge is 0.181 e. The lowest BCUT2D eigenvalue weighted by Gasteiger charge is -1.94. The molecule has 2 rings (SSSR count). The number of anilines is 1. The third-order valence-electron chi connectivity index (χ3n) is 1.64. The van der Waals surface area contributed by atoms with Gasteiger partial charge in [-0.15, -0.1) is 0 Å². The number of hydrogen-bond acceptors (Lipinski definition) is 3. The van der Waals surface area contributed by atoms with Crippen LogP contribution in [0.5, 0.6) is 0 Å². The molecule has 0 aliphatic heterocycles. The molecule has 0 spiro atoms. The van der Waals surface area contributed by atoms with Crippen LogP contribution in [0.2, 0.25) is 0 Å². The topological polar surface area (TPSA) is 38.9 Å². The summed E-state index contributed by atoms with van der Waals surface area (Å²) < 4.78 is 0.821. The van der Waals surface area contributed by atoms with Crippen LogP contribution in [0.25, 0.3) is 10.4 Å². The molecule has 0 fully saturated rings. The molecule has 0 aliphatic carbocycles. The first-order valence-electron chi connectivity index (χ1n) is 3.74. The Balaban J connectivity index is 2.53. The molecule has 1 heterocycles. The molecule has 0 unspecified atom stereocenters. The zero-order valence-corrected chi connectivity index (χ0v) is 9.10. The number of halogens is 1. The lowest BCUT2D eigenvalue weighted by molar-refractivity contribution is 1.37. The van der Waals surface area contributed by atoms with Crippen molar-refractivity contribution in [1.29, 1.82) is 0 Å². The Morgan fingerprint density at radius 3 is 2.46 bits per heavy atom. The maximum absolute atomic E-state index is 5.59. The van der Waals surface area contributed by atoms with Gasteiger partial charge in [0.15, 0.2) is 5.13 Å². The van der Waals surface area contributed by atoms with E-state index in [4.69, 9.17) is 5.73 Å². The van der Waals surface area contributed by atoms with Gasteiger partial charge in [0, 0.05) is 0 Å². The molecule has 1 aromatic heterocycles. The third kappa shape index (κ3) is 1.73. The van der Waals surface area contributed by atoms with Crippen LogP contribution in [-0.4, -0.2) is 4.98 Å². The predicted molar refractivity (Wildman–Crippen MR) is 59.7 cm³/mol. The maximum atomic E-state index is 5.59. The van der Waals surface area contributed by atoms with Crippen molar-refractivity contribution >= 4 is 32.4 Å². The van der Waals surface area contributed by atoms with Gasteiger partial charge in [0.25, 0.3) is 0 Å². The number of rotatable bonds is 1. The van der Waals surface area contributed by atoms with E-state index in [0.717, 1.165) is 15.0 Å². The zero-order chi connectivity index (χ0) is 9.26. The molecule has 66 valence electrons. The summed E-state index contributed by atoms with van der Waals surface area (Å²) in [5.41, 5.74) is 6.74. The van der Waals surface area contributed by atoms with Crippen molar-refractivity contribution in [3.8, 4) is 10.4 Å². The Morgan fingerprint density at radius 2 is 1.92 bits per heavy atom. The first-order chi connectivity index (χ1) is 6.27. The van der Waals surface area contributed by atoms with Gasteiger partial charge in [0.1, 0.15) is 4.60 Å². The molecule has 4 heteroatoms. The van der Waals surface area contributed by atoms with E-state index in [9.17, 15) is 0 Å². The minimum absolute atomic E-state index is 0.589. The van der Waals surface area contributed by atoms with Crippen LogP contribution in [0.15, 0.2) is 34.9 Å². The highest BCUT2D eigenvalue weighted by atomic mass is 79.9. The molecule has 2 N–H and O–H groups in total. The summed E-state index contributed by atoms with van der Waals surface area (Å²) in [4.78, 5) is 5.18. The molecule has 2 nitrogen and oxygen atoms in total. The van der Waals surface area contributed by atoms with Gasteiger partial charge in [-0.25, -0.2) is 4.98 Å². The highest BCUT2D eigenvalue weighted by molar-refractivity contribution is 9.10. The van der Waals surface area contributed by atoms with Gasteiger partial charge < -0.3 is 5.73 Å². The molecule has 13 heavy (non-hydrogen) atoms. The van der Waals surface area contributed by atoms with Crippen molar-refractivity contribution in [2.45, 2.75) is 0 Å². The van der Waals surface area contributed by atoms with Gasteiger partial charge in [-0.2, -0.15) is 0 Å². The van der Waals surface area contributed by atoms with Crippen LogP contribution in [0.4, 0.5) is 5.13 Å². The SMILES string of the molecule is Nc1nc(Br)c(-c2ccccc2)s1. The fourth-order valence-electron chi connectivity index (χ4n) is 1.08. The van der Waals surface area contributed by atoms with E-state index < -0.39 is 0 Å². The van der Waals surface area contributed by atoms with Gasteiger partial charge in [-0.1, -0.05) is 41.7 Å². The summed E-state index contributed by atoms with van der Waals surface area (Å²) in [5, 5.41) is 0.589. The summed E-state index contributed by atoms with van der Waals surface area (Å²) in [6.07, 6.45) is 0. The monoisotopic (exact) mass is 254 g/mol. The Bertz CT molecular complexity index is 411. The molecular formula is C9H7BrN2S. The van der Waals surface area contributed by atoms with Crippen LogP contribution < -0.4 is 5.73 Å². The molecule has 2 aromatic rings. The molecule has 0 bridgehead atoms. The van der Waals surface area contributed by atoms with Crippen molar-refractivity contribution < 1.29 is 0 Å². The minimum atomic E-state index is 0.589. The molecule has 0 saturated heterocycles. The van der Waals surface area contributed by atoms with Gasteiger partial charge >= 0.3 is 0 Å². The van der Waals surface area contributed by atoms with E-state index in [-0.39, 0.29) is 0 Å². The Labute approximate surface area is 88.6 Å². The number of benzene rings is 1. The first kappa shape index (κ1) is 8.72. The molecule has 0 atom stereocenters. The van der Waals surface area contributed by atoms with Gasteiger partial charge in [-0.05, 0) is 21.5 Å². The summed E-state index contributed by atoms with van der Waals surface area (Å²) in [5.74, 6) is 0. The second-order valence-electron chi connectivity index (χ2n) is 2.54. The quantitative estimate of drug-likeness (QED) is 0.850. The summed E-state index contributed by atoms with van der Waals surface area (Å²) in [6.45, 7) is 0. The maximum Gasteiger partial charge on any atom is 0.181 e. The molecule has 0 aliphatic rings. The van der Waals surface area contributed by atoms with Crippen molar-refractivity contribution in [2.24, 2.45) is 0 Å². The van der Waals surface area contributed by atoms with E-state index in [1.165, 1.54) is 11.3 Å². The second-order valence-corrected chi connectivity index (χ2v) is 4.32. The Hall–Kier alpha value is -0.870. The highest BCUT2D eigenvalue weighted by Gasteiger charge is 2.07.